The van der Waals surface area contributed by atoms with Crippen LogP contribution in [-0.2, 0) is 4.79 Å². The number of hydrogen-bond acceptors (Lipinski definition) is 4. The van der Waals surface area contributed by atoms with Gasteiger partial charge in [-0.1, -0.05) is 0 Å². The van der Waals surface area contributed by atoms with E-state index >= 15 is 0 Å². The summed E-state index contributed by atoms with van der Waals surface area (Å²) >= 11 is 0. The maximum absolute atomic E-state index is 10.8. The van der Waals surface area contributed by atoms with Crippen molar-refractivity contribution in [3.05, 3.63) is 17.8 Å². The van der Waals surface area contributed by atoms with Crippen molar-refractivity contribution in [2.24, 2.45) is 0 Å². The van der Waals surface area contributed by atoms with Gasteiger partial charge in [0.15, 0.2) is 0 Å². The molecule has 0 bridgehead atoms. The van der Waals surface area contributed by atoms with Crippen LogP contribution in [0.3, 0.4) is 0 Å². The van der Waals surface area contributed by atoms with E-state index in [2.05, 4.69) is 10.3 Å². The van der Waals surface area contributed by atoms with Crippen molar-refractivity contribution in [1.29, 1.82) is 0 Å². The van der Waals surface area contributed by atoms with E-state index in [1.807, 2.05) is 6.92 Å². The van der Waals surface area contributed by atoms with E-state index < -0.39 is 12.0 Å². The topological polar surface area (TPSA) is 75.4 Å². The number of aliphatic carboxylic acids is 1. The lowest BCUT2D eigenvalue weighted by atomic mass is 9.98. The predicted octanol–water partition coefficient (Wildman–Crippen LogP) is 1.25. The quantitative estimate of drug-likeness (QED) is 0.768. The summed E-state index contributed by atoms with van der Waals surface area (Å²) in [6.45, 7) is 1.85. The number of aryl methyl sites for hydroxylation is 1. The second kappa shape index (κ2) is 4.02. The molecule has 0 spiro atoms. The lowest BCUT2D eigenvalue weighted by Crippen LogP contribution is -2.42. The van der Waals surface area contributed by atoms with Gasteiger partial charge in [-0.15, -0.1) is 0 Å². The Morgan fingerprint density at radius 3 is 3.07 bits per heavy atom. The van der Waals surface area contributed by atoms with Crippen LogP contribution >= 0.6 is 0 Å². The third kappa shape index (κ3) is 2.18. The predicted molar refractivity (Wildman–Crippen MR) is 52.4 cm³/mol. The van der Waals surface area contributed by atoms with Crippen LogP contribution < -0.4 is 5.32 Å². The summed E-state index contributed by atoms with van der Waals surface area (Å²) in [7, 11) is 0. The van der Waals surface area contributed by atoms with Crippen molar-refractivity contribution in [2.45, 2.75) is 38.3 Å². The molecule has 1 aromatic heterocycles. The molecule has 5 heteroatoms. The maximum atomic E-state index is 10.8. The van der Waals surface area contributed by atoms with E-state index in [-0.39, 0.29) is 6.04 Å². The molecule has 15 heavy (non-hydrogen) atoms. The standard InChI is InChI=1S/C10H14N2O3/c1-6-5-15-9(11-6)7-3-2-4-8(12-7)10(13)14/h5,7-8,12H,2-4H2,1H3,(H,13,14). The summed E-state index contributed by atoms with van der Waals surface area (Å²) in [4.78, 5) is 15.0. The van der Waals surface area contributed by atoms with Gasteiger partial charge in [-0.05, 0) is 26.2 Å². The van der Waals surface area contributed by atoms with Crippen LogP contribution in [0.2, 0.25) is 0 Å². The first-order chi connectivity index (χ1) is 7.16. The van der Waals surface area contributed by atoms with Crippen molar-refractivity contribution >= 4 is 5.97 Å². The number of carboxylic acid groups (broad SMARTS) is 1. The van der Waals surface area contributed by atoms with Crippen LogP contribution in [0.5, 0.6) is 0 Å². The normalized spacial score (nSPS) is 26.5. The fourth-order valence-corrected chi connectivity index (χ4v) is 1.86. The Kier molecular flexibility index (Phi) is 2.73. The third-order valence-corrected chi connectivity index (χ3v) is 2.62. The van der Waals surface area contributed by atoms with Crippen molar-refractivity contribution in [1.82, 2.24) is 10.3 Å². The van der Waals surface area contributed by atoms with Gasteiger partial charge in [0, 0.05) is 0 Å². The first kappa shape index (κ1) is 10.2. The molecule has 0 radical (unpaired) electrons. The maximum Gasteiger partial charge on any atom is 0.320 e. The zero-order valence-electron chi connectivity index (χ0n) is 8.56. The summed E-state index contributed by atoms with van der Waals surface area (Å²) in [5.74, 6) is -0.207. The monoisotopic (exact) mass is 210 g/mol. The Morgan fingerprint density at radius 2 is 2.47 bits per heavy atom. The fraction of sp³-hybridized carbons (Fsp3) is 0.600. The largest absolute Gasteiger partial charge is 0.480 e. The number of carbonyl (C=O) groups is 1. The SMILES string of the molecule is Cc1coc(C2CCCC(C(=O)O)N2)n1. The average Bonchev–Trinajstić information content (AvgIpc) is 2.65. The van der Waals surface area contributed by atoms with Crippen molar-refractivity contribution in [3.63, 3.8) is 0 Å². The van der Waals surface area contributed by atoms with Gasteiger partial charge in [-0.2, -0.15) is 0 Å². The highest BCUT2D eigenvalue weighted by Gasteiger charge is 2.29. The highest BCUT2D eigenvalue weighted by atomic mass is 16.4. The zero-order chi connectivity index (χ0) is 10.8. The lowest BCUT2D eigenvalue weighted by molar-refractivity contribution is -0.140. The van der Waals surface area contributed by atoms with E-state index in [1.54, 1.807) is 6.26 Å². The van der Waals surface area contributed by atoms with Gasteiger partial charge in [0.25, 0.3) is 0 Å². The second-order valence-electron chi connectivity index (χ2n) is 3.87. The highest BCUT2D eigenvalue weighted by Crippen LogP contribution is 2.24. The Hall–Kier alpha value is -1.36. The highest BCUT2D eigenvalue weighted by molar-refractivity contribution is 5.73. The number of nitrogens with zero attached hydrogens (tertiary/aromatic N) is 1. The molecule has 2 N–H and O–H groups in total. The van der Waals surface area contributed by atoms with Gasteiger partial charge < -0.3 is 9.52 Å². The molecule has 0 saturated carbocycles. The van der Waals surface area contributed by atoms with Crippen LogP contribution in [0.4, 0.5) is 0 Å². The van der Waals surface area contributed by atoms with Gasteiger partial charge in [0.1, 0.15) is 12.3 Å². The molecule has 2 heterocycles. The average molecular weight is 210 g/mol. The first-order valence-electron chi connectivity index (χ1n) is 5.07. The second-order valence-corrected chi connectivity index (χ2v) is 3.87. The third-order valence-electron chi connectivity index (χ3n) is 2.62. The molecule has 2 atom stereocenters. The molecular weight excluding hydrogens is 196 g/mol. The molecule has 1 aliphatic rings. The Labute approximate surface area is 87.5 Å². The van der Waals surface area contributed by atoms with Gasteiger partial charge in [0.2, 0.25) is 5.89 Å². The minimum Gasteiger partial charge on any atom is -0.480 e. The summed E-state index contributed by atoms with van der Waals surface area (Å²) in [6, 6.07) is -0.537. The van der Waals surface area contributed by atoms with Crippen molar-refractivity contribution in [3.8, 4) is 0 Å². The van der Waals surface area contributed by atoms with Gasteiger partial charge in [-0.25, -0.2) is 4.98 Å². The van der Waals surface area contributed by atoms with Gasteiger partial charge in [-0.3, -0.25) is 10.1 Å². The Bertz CT molecular complexity index is 361. The molecule has 2 unspecified atom stereocenters. The Balaban J connectivity index is 2.07. The molecule has 1 aliphatic heterocycles. The summed E-state index contributed by atoms with van der Waals surface area (Å²) < 4.78 is 5.27. The number of oxazole rings is 1. The molecule has 2 rings (SSSR count). The van der Waals surface area contributed by atoms with Crippen molar-refractivity contribution in [2.75, 3.05) is 0 Å². The number of hydrogen-bond donors (Lipinski definition) is 2. The van der Waals surface area contributed by atoms with Crippen LogP contribution in [0.15, 0.2) is 10.7 Å². The van der Waals surface area contributed by atoms with E-state index in [0.717, 1.165) is 18.5 Å². The molecular formula is C10H14N2O3. The van der Waals surface area contributed by atoms with Crippen LogP contribution in [0, 0.1) is 6.92 Å². The van der Waals surface area contributed by atoms with E-state index in [4.69, 9.17) is 9.52 Å². The fourth-order valence-electron chi connectivity index (χ4n) is 1.86. The summed E-state index contributed by atoms with van der Waals surface area (Å²) in [5, 5.41) is 11.9. The van der Waals surface area contributed by atoms with E-state index in [1.165, 1.54) is 0 Å². The van der Waals surface area contributed by atoms with Crippen LogP contribution in [0.1, 0.15) is 36.9 Å². The summed E-state index contributed by atoms with van der Waals surface area (Å²) in [6.07, 6.45) is 4.02. The lowest BCUT2D eigenvalue weighted by Gasteiger charge is -2.26. The number of nitrogens with one attached hydrogen (secondary N) is 1. The molecule has 1 aromatic rings. The molecule has 0 amide bonds. The van der Waals surface area contributed by atoms with Crippen molar-refractivity contribution < 1.29 is 14.3 Å². The summed E-state index contributed by atoms with van der Waals surface area (Å²) in [5.41, 5.74) is 0.823. The molecule has 5 nitrogen and oxygen atoms in total. The number of aromatic nitrogens is 1. The molecule has 82 valence electrons. The zero-order valence-corrected chi connectivity index (χ0v) is 8.56. The number of rotatable bonds is 2. The van der Waals surface area contributed by atoms with Crippen LogP contribution in [-0.4, -0.2) is 22.1 Å². The number of carboxylic acids is 1. The van der Waals surface area contributed by atoms with E-state index in [9.17, 15) is 4.79 Å². The Morgan fingerprint density at radius 1 is 1.67 bits per heavy atom. The molecule has 1 fully saturated rings. The molecule has 0 aromatic carbocycles. The van der Waals surface area contributed by atoms with E-state index in [0.29, 0.717) is 12.3 Å². The van der Waals surface area contributed by atoms with Crippen LogP contribution in [0.25, 0.3) is 0 Å². The first-order valence-corrected chi connectivity index (χ1v) is 5.07. The minimum atomic E-state index is -0.803. The molecule has 0 aliphatic carbocycles. The molecule has 1 saturated heterocycles. The minimum absolute atomic E-state index is 0.0615. The smallest absolute Gasteiger partial charge is 0.320 e. The van der Waals surface area contributed by atoms with Gasteiger partial charge in [0.05, 0.1) is 11.7 Å². The number of piperidine rings is 1. The van der Waals surface area contributed by atoms with Gasteiger partial charge >= 0.3 is 5.97 Å².